The summed E-state index contributed by atoms with van der Waals surface area (Å²) in [5.41, 5.74) is 2.48. The maximum Gasteiger partial charge on any atom is 0.315 e. The summed E-state index contributed by atoms with van der Waals surface area (Å²) in [7, 11) is 0. The van der Waals surface area contributed by atoms with Crippen molar-refractivity contribution in [1.29, 1.82) is 0 Å². The van der Waals surface area contributed by atoms with Gasteiger partial charge in [0.2, 0.25) is 0 Å². The van der Waals surface area contributed by atoms with Gasteiger partial charge in [-0.1, -0.05) is 36.4 Å². The van der Waals surface area contributed by atoms with Gasteiger partial charge in [-0.2, -0.15) is 5.10 Å². The topological polar surface area (TPSA) is 59.0 Å². The fourth-order valence-electron chi connectivity index (χ4n) is 2.41. The van der Waals surface area contributed by atoms with Crippen molar-refractivity contribution in [3.8, 4) is 5.69 Å². The van der Waals surface area contributed by atoms with Gasteiger partial charge >= 0.3 is 6.03 Å². The molecule has 128 valence electrons. The summed E-state index contributed by atoms with van der Waals surface area (Å²) in [6.07, 6.45) is 4.39. The second kappa shape index (κ2) is 8.10. The Balaban J connectivity index is 1.43. The zero-order valence-corrected chi connectivity index (χ0v) is 13.7. The van der Waals surface area contributed by atoms with E-state index in [2.05, 4.69) is 15.7 Å². The van der Waals surface area contributed by atoms with Gasteiger partial charge in [0.25, 0.3) is 0 Å². The molecule has 1 aromatic heterocycles. The van der Waals surface area contributed by atoms with Crippen molar-refractivity contribution in [1.82, 2.24) is 20.4 Å². The van der Waals surface area contributed by atoms with Gasteiger partial charge in [-0.05, 0) is 30.2 Å². The molecule has 2 amide bonds. The van der Waals surface area contributed by atoms with Crippen molar-refractivity contribution in [2.45, 2.75) is 13.0 Å². The lowest BCUT2D eigenvalue weighted by Crippen LogP contribution is -2.36. The number of benzene rings is 2. The van der Waals surface area contributed by atoms with Gasteiger partial charge in [0, 0.05) is 24.8 Å². The molecule has 2 aromatic carbocycles. The predicted molar refractivity (Wildman–Crippen MR) is 93.9 cm³/mol. The molecule has 0 aliphatic rings. The van der Waals surface area contributed by atoms with Crippen LogP contribution in [0.4, 0.5) is 9.18 Å². The van der Waals surface area contributed by atoms with E-state index in [0.717, 1.165) is 11.3 Å². The van der Waals surface area contributed by atoms with Gasteiger partial charge in [-0.3, -0.25) is 0 Å². The Morgan fingerprint density at radius 1 is 1.04 bits per heavy atom. The lowest BCUT2D eigenvalue weighted by atomic mass is 10.2. The van der Waals surface area contributed by atoms with E-state index < -0.39 is 0 Å². The number of urea groups is 1. The van der Waals surface area contributed by atoms with E-state index in [9.17, 15) is 9.18 Å². The Bertz CT molecular complexity index is 832. The summed E-state index contributed by atoms with van der Waals surface area (Å²) in [5, 5.41) is 9.72. The summed E-state index contributed by atoms with van der Waals surface area (Å²) >= 11 is 0. The number of rotatable bonds is 6. The zero-order valence-electron chi connectivity index (χ0n) is 13.7. The summed E-state index contributed by atoms with van der Waals surface area (Å²) in [4.78, 5) is 11.8. The van der Waals surface area contributed by atoms with Crippen molar-refractivity contribution >= 4 is 6.03 Å². The van der Waals surface area contributed by atoms with Crippen LogP contribution in [-0.4, -0.2) is 22.4 Å². The van der Waals surface area contributed by atoms with Gasteiger partial charge in [0.1, 0.15) is 5.82 Å². The van der Waals surface area contributed by atoms with Crippen LogP contribution >= 0.6 is 0 Å². The van der Waals surface area contributed by atoms with E-state index in [1.54, 1.807) is 29.1 Å². The third-order valence-corrected chi connectivity index (χ3v) is 3.75. The first-order valence-electron chi connectivity index (χ1n) is 8.06. The highest BCUT2D eigenvalue weighted by Crippen LogP contribution is 2.08. The molecular weight excluding hydrogens is 319 g/mol. The van der Waals surface area contributed by atoms with Crippen LogP contribution in [0.1, 0.15) is 11.1 Å². The molecule has 5 nitrogen and oxygen atoms in total. The molecule has 0 spiro atoms. The van der Waals surface area contributed by atoms with E-state index in [1.165, 1.54) is 6.07 Å². The lowest BCUT2D eigenvalue weighted by molar-refractivity contribution is 0.240. The normalized spacial score (nSPS) is 10.4. The van der Waals surface area contributed by atoms with Crippen LogP contribution in [0.2, 0.25) is 0 Å². The van der Waals surface area contributed by atoms with E-state index >= 15 is 0 Å². The minimum Gasteiger partial charge on any atom is -0.338 e. The van der Waals surface area contributed by atoms with Crippen LogP contribution in [0.15, 0.2) is 67.0 Å². The molecule has 3 rings (SSSR count). The van der Waals surface area contributed by atoms with Crippen molar-refractivity contribution < 1.29 is 9.18 Å². The first-order valence-corrected chi connectivity index (χ1v) is 8.06. The summed E-state index contributed by atoms with van der Waals surface area (Å²) in [6, 6.07) is 15.9. The van der Waals surface area contributed by atoms with Gasteiger partial charge in [-0.15, -0.1) is 0 Å². The first kappa shape index (κ1) is 16.7. The van der Waals surface area contributed by atoms with Crippen LogP contribution in [0.5, 0.6) is 0 Å². The van der Waals surface area contributed by atoms with E-state index in [-0.39, 0.29) is 18.4 Å². The third kappa shape index (κ3) is 4.67. The summed E-state index contributed by atoms with van der Waals surface area (Å²) in [5.74, 6) is -0.323. The van der Waals surface area contributed by atoms with E-state index in [0.29, 0.717) is 18.5 Å². The molecule has 6 heteroatoms. The molecule has 0 unspecified atom stereocenters. The molecule has 0 fully saturated rings. The highest BCUT2D eigenvalue weighted by molar-refractivity contribution is 5.73. The molecule has 0 aliphatic heterocycles. The van der Waals surface area contributed by atoms with Gasteiger partial charge in [-0.25, -0.2) is 13.9 Å². The van der Waals surface area contributed by atoms with Crippen LogP contribution < -0.4 is 10.6 Å². The van der Waals surface area contributed by atoms with Crippen LogP contribution in [0.25, 0.3) is 5.69 Å². The Kier molecular flexibility index (Phi) is 5.41. The number of nitrogens with one attached hydrogen (secondary N) is 2. The largest absolute Gasteiger partial charge is 0.338 e. The van der Waals surface area contributed by atoms with Gasteiger partial charge < -0.3 is 10.6 Å². The fourth-order valence-corrected chi connectivity index (χ4v) is 2.41. The molecule has 1 heterocycles. The molecule has 0 bridgehead atoms. The standard InChI is InChI=1S/C19H19FN4O/c20-18-9-5-4-6-16(18)13-22-19(25)21-11-10-15-12-23-24(14-15)17-7-2-1-3-8-17/h1-9,12,14H,10-11,13H2,(H2,21,22,25). The second-order valence-electron chi connectivity index (χ2n) is 5.58. The Hall–Kier alpha value is -3.15. The van der Waals surface area contributed by atoms with Crippen molar-refractivity contribution in [2.75, 3.05) is 6.54 Å². The number of hydrogen-bond acceptors (Lipinski definition) is 2. The highest BCUT2D eigenvalue weighted by atomic mass is 19.1. The molecule has 2 N–H and O–H groups in total. The molecule has 3 aromatic rings. The van der Waals surface area contributed by atoms with Crippen molar-refractivity contribution in [3.63, 3.8) is 0 Å². The second-order valence-corrected chi connectivity index (χ2v) is 5.58. The Morgan fingerprint density at radius 2 is 1.80 bits per heavy atom. The number of hydrogen-bond donors (Lipinski definition) is 2. The monoisotopic (exact) mass is 338 g/mol. The Morgan fingerprint density at radius 3 is 2.60 bits per heavy atom. The highest BCUT2D eigenvalue weighted by Gasteiger charge is 2.05. The number of amides is 2. The maximum atomic E-state index is 13.5. The minimum atomic E-state index is -0.323. The summed E-state index contributed by atoms with van der Waals surface area (Å²) < 4.78 is 15.3. The number of nitrogens with zero attached hydrogens (tertiary/aromatic N) is 2. The lowest BCUT2D eigenvalue weighted by Gasteiger charge is -2.07. The first-order chi connectivity index (χ1) is 12.2. The molecule has 0 saturated heterocycles. The predicted octanol–water partition coefficient (Wildman–Crippen LogP) is 3.05. The SMILES string of the molecule is O=C(NCCc1cnn(-c2ccccc2)c1)NCc1ccccc1F. The maximum absolute atomic E-state index is 13.5. The number of carbonyl (C=O) groups is 1. The third-order valence-electron chi connectivity index (χ3n) is 3.75. The van der Waals surface area contributed by atoms with Crippen LogP contribution in [0, 0.1) is 5.82 Å². The minimum absolute atomic E-state index is 0.157. The number of para-hydroxylation sites is 1. The average molecular weight is 338 g/mol. The number of carbonyl (C=O) groups excluding carboxylic acids is 1. The van der Waals surface area contributed by atoms with Crippen molar-refractivity contribution in [3.05, 3.63) is 83.9 Å². The van der Waals surface area contributed by atoms with Crippen molar-refractivity contribution in [2.24, 2.45) is 0 Å². The Labute approximate surface area is 145 Å². The summed E-state index contributed by atoms with van der Waals surface area (Å²) in [6.45, 7) is 0.633. The van der Waals surface area contributed by atoms with E-state index in [1.807, 2.05) is 36.5 Å². The number of halogens is 1. The molecule has 0 aliphatic carbocycles. The van der Waals surface area contributed by atoms with Gasteiger partial charge in [0.05, 0.1) is 11.9 Å². The molecule has 0 radical (unpaired) electrons. The van der Waals surface area contributed by atoms with Gasteiger partial charge in [0.15, 0.2) is 0 Å². The quantitative estimate of drug-likeness (QED) is 0.726. The van der Waals surface area contributed by atoms with E-state index in [4.69, 9.17) is 0 Å². The smallest absolute Gasteiger partial charge is 0.315 e. The fraction of sp³-hybridized carbons (Fsp3) is 0.158. The average Bonchev–Trinajstić information content (AvgIpc) is 3.11. The van der Waals surface area contributed by atoms with Crippen LogP contribution in [-0.2, 0) is 13.0 Å². The molecule has 25 heavy (non-hydrogen) atoms. The molecular formula is C19H19FN4O. The van der Waals surface area contributed by atoms with Crippen LogP contribution in [0.3, 0.4) is 0 Å². The number of aromatic nitrogens is 2. The zero-order chi connectivity index (χ0) is 17.5. The molecule has 0 atom stereocenters. The molecule has 0 saturated carbocycles.